The third-order valence-electron chi connectivity index (χ3n) is 2.37. The first-order valence-corrected chi connectivity index (χ1v) is 5.39. The van der Waals surface area contributed by atoms with Crippen LogP contribution in [0.3, 0.4) is 0 Å². The van der Waals surface area contributed by atoms with Gasteiger partial charge in [-0.15, -0.1) is 0 Å². The molecule has 94 valence electrons. The molecular formula is C12H12FN3O2. The number of hydrogen-bond donors (Lipinski definition) is 1. The number of imidazole rings is 1. The number of carbonyl (C=O) groups is 1. The number of esters is 1. The summed E-state index contributed by atoms with van der Waals surface area (Å²) in [6.07, 6.45) is 1.40. The van der Waals surface area contributed by atoms with Crippen LogP contribution in [0.5, 0.6) is 0 Å². The van der Waals surface area contributed by atoms with Gasteiger partial charge in [0.2, 0.25) is 0 Å². The Morgan fingerprint density at radius 3 is 2.72 bits per heavy atom. The molecule has 0 amide bonds. The maximum absolute atomic E-state index is 12.8. The molecule has 0 unspecified atom stereocenters. The zero-order valence-electron chi connectivity index (χ0n) is 9.76. The number of hydrogen-bond acceptors (Lipinski definition) is 4. The first-order chi connectivity index (χ1) is 8.63. The van der Waals surface area contributed by atoms with E-state index in [2.05, 4.69) is 4.98 Å². The quantitative estimate of drug-likeness (QED) is 0.841. The Bertz CT molecular complexity index is 563. The summed E-state index contributed by atoms with van der Waals surface area (Å²) in [6.45, 7) is 1.94. The van der Waals surface area contributed by atoms with Crippen LogP contribution in [0.2, 0.25) is 0 Å². The zero-order valence-corrected chi connectivity index (χ0v) is 9.76. The number of nitrogen functional groups attached to an aromatic ring is 1. The van der Waals surface area contributed by atoms with E-state index in [0.717, 1.165) is 0 Å². The smallest absolute Gasteiger partial charge is 0.359 e. The molecule has 2 N–H and O–H groups in total. The van der Waals surface area contributed by atoms with Gasteiger partial charge < -0.3 is 10.5 Å². The molecule has 0 saturated carbocycles. The molecule has 0 atom stereocenters. The first kappa shape index (κ1) is 12.1. The summed E-state index contributed by atoms with van der Waals surface area (Å²) in [5.74, 6) is -0.834. The maximum atomic E-state index is 12.8. The summed E-state index contributed by atoms with van der Waals surface area (Å²) < 4.78 is 19.2. The third kappa shape index (κ3) is 2.17. The standard InChI is InChI=1S/C12H12FN3O2/c1-2-18-12(17)10-11(14)15-7-16(10)9-5-3-8(13)4-6-9/h3-7H,2,14H2,1H3. The van der Waals surface area contributed by atoms with E-state index in [-0.39, 0.29) is 23.9 Å². The van der Waals surface area contributed by atoms with Gasteiger partial charge in [0.15, 0.2) is 11.5 Å². The van der Waals surface area contributed by atoms with Crippen molar-refractivity contribution in [3.8, 4) is 5.69 Å². The Morgan fingerprint density at radius 1 is 1.44 bits per heavy atom. The van der Waals surface area contributed by atoms with Crippen LogP contribution in [0.25, 0.3) is 5.69 Å². The molecule has 1 aromatic carbocycles. The predicted molar refractivity (Wildman–Crippen MR) is 63.9 cm³/mol. The molecule has 0 bridgehead atoms. The second-order valence-electron chi connectivity index (χ2n) is 3.55. The van der Waals surface area contributed by atoms with E-state index in [1.54, 1.807) is 6.92 Å². The number of aromatic nitrogens is 2. The van der Waals surface area contributed by atoms with Gasteiger partial charge in [-0.2, -0.15) is 0 Å². The molecule has 0 saturated heterocycles. The number of nitrogens with zero attached hydrogens (tertiary/aromatic N) is 2. The van der Waals surface area contributed by atoms with Gasteiger partial charge in [0.1, 0.15) is 12.1 Å². The number of carbonyl (C=O) groups excluding carboxylic acids is 1. The first-order valence-electron chi connectivity index (χ1n) is 5.39. The molecule has 6 heteroatoms. The lowest BCUT2D eigenvalue weighted by molar-refractivity contribution is 0.0518. The Balaban J connectivity index is 2.45. The van der Waals surface area contributed by atoms with Gasteiger partial charge in [-0.05, 0) is 31.2 Å². The van der Waals surface area contributed by atoms with Crippen LogP contribution in [0.4, 0.5) is 10.2 Å². The van der Waals surface area contributed by atoms with Crippen LogP contribution >= 0.6 is 0 Å². The topological polar surface area (TPSA) is 70.1 Å². The summed E-state index contributed by atoms with van der Waals surface area (Å²) in [7, 11) is 0. The van der Waals surface area contributed by atoms with Crippen LogP contribution in [0.1, 0.15) is 17.4 Å². The minimum absolute atomic E-state index is 0.0813. The van der Waals surface area contributed by atoms with Crippen molar-refractivity contribution in [3.63, 3.8) is 0 Å². The number of rotatable bonds is 3. The highest BCUT2D eigenvalue weighted by Crippen LogP contribution is 2.17. The lowest BCUT2D eigenvalue weighted by atomic mass is 10.3. The summed E-state index contributed by atoms with van der Waals surface area (Å²) in [4.78, 5) is 15.6. The van der Waals surface area contributed by atoms with Crippen LogP contribution in [-0.4, -0.2) is 22.1 Å². The van der Waals surface area contributed by atoms with E-state index in [9.17, 15) is 9.18 Å². The van der Waals surface area contributed by atoms with E-state index < -0.39 is 5.97 Å². The predicted octanol–water partition coefficient (Wildman–Crippen LogP) is 1.77. The van der Waals surface area contributed by atoms with Gasteiger partial charge in [0.05, 0.1) is 6.61 Å². The van der Waals surface area contributed by atoms with Crippen molar-refractivity contribution in [3.05, 3.63) is 42.1 Å². The summed E-state index contributed by atoms with van der Waals surface area (Å²) >= 11 is 0. The highest BCUT2D eigenvalue weighted by molar-refractivity contribution is 5.93. The molecule has 0 aliphatic rings. The summed E-state index contributed by atoms with van der Waals surface area (Å²) in [6, 6.07) is 5.64. The van der Waals surface area contributed by atoms with Crippen molar-refractivity contribution in [2.75, 3.05) is 12.3 Å². The van der Waals surface area contributed by atoms with Crippen LogP contribution in [-0.2, 0) is 4.74 Å². The van der Waals surface area contributed by atoms with E-state index in [1.807, 2.05) is 0 Å². The number of anilines is 1. The fraction of sp³-hybridized carbons (Fsp3) is 0.167. The summed E-state index contributed by atoms with van der Waals surface area (Å²) in [5.41, 5.74) is 6.36. The Hall–Kier alpha value is -2.37. The van der Waals surface area contributed by atoms with Crippen molar-refractivity contribution < 1.29 is 13.9 Å². The van der Waals surface area contributed by atoms with Crippen molar-refractivity contribution in [1.29, 1.82) is 0 Å². The second-order valence-corrected chi connectivity index (χ2v) is 3.55. The van der Waals surface area contributed by atoms with E-state index in [0.29, 0.717) is 5.69 Å². The maximum Gasteiger partial charge on any atom is 0.359 e. The SMILES string of the molecule is CCOC(=O)c1c(N)ncn1-c1ccc(F)cc1. The Kier molecular flexibility index (Phi) is 3.27. The number of benzene rings is 1. The average Bonchev–Trinajstić information content (AvgIpc) is 2.72. The van der Waals surface area contributed by atoms with Crippen molar-refractivity contribution in [2.24, 2.45) is 0 Å². The van der Waals surface area contributed by atoms with Crippen LogP contribution in [0.15, 0.2) is 30.6 Å². The van der Waals surface area contributed by atoms with E-state index in [1.165, 1.54) is 35.2 Å². The van der Waals surface area contributed by atoms with Gasteiger partial charge in [-0.3, -0.25) is 4.57 Å². The fourth-order valence-electron chi connectivity index (χ4n) is 1.56. The monoisotopic (exact) mass is 249 g/mol. The van der Waals surface area contributed by atoms with Crippen LogP contribution < -0.4 is 5.73 Å². The average molecular weight is 249 g/mol. The lowest BCUT2D eigenvalue weighted by Crippen LogP contribution is -2.12. The normalized spacial score (nSPS) is 10.3. The Morgan fingerprint density at radius 2 is 2.11 bits per heavy atom. The van der Waals surface area contributed by atoms with Crippen molar-refractivity contribution in [2.45, 2.75) is 6.92 Å². The molecule has 0 spiro atoms. The molecule has 18 heavy (non-hydrogen) atoms. The molecule has 0 fully saturated rings. The molecule has 1 heterocycles. The van der Waals surface area contributed by atoms with Crippen LogP contribution in [0, 0.1) is 5.82 Å². The number of nitrogens with two attached hydrogens (primary N) is 1. The minimum Gasteiger partial charge on any atom is -0.461 e. The lowest BCUT2D eigenvalue weighted by Gasteiger charge is -2.07. The van der Waals surface area contributed by atoms with E-state index in [4.69, 9.17) is 10.5 Å². The summed E-state index contributed by atoms with van der Waals surface area (Å²) in [5, 5.41) is 0. The number of halogens is 1. The Labute approximate surface area is 103 Å². The molecule has 0 aliphatic heterocycles. The molecule has 1 aromatic heterocycles. The zero-order chi connectivity index (χ0) is 13.1. The van der Waals surface area contributed by atoms with Crippen molar-refractivity contribution >= 4 is 11.8 Å². The number of ether oxygens (including phenoxy) is 1. The van der Waals surface area contributed by atoms with Crippen molar-refractivity contribution in [1.82, 2.24) is 9.55 Å². The second kappa shape index (κ2) is 4.87. The molecule has 0 radical (unpaired) electrons. The highest BCUT2D eigenvalue weighted by Gasteiger charge is 2.18. The fourth-order valence-corrected chi connectivity index (χ4v) is 1.56. The van der Waals surface area contributed by atoms with E-state index >= 15 is 0 Å². The third-order valence-corrected chi connectivity index (χ3v) is 2.37. The van der Waals surface area contributed by atoms with Gasteiger partial charge in [-0.25, -0.2) is 14.2 Å². The molecule has 0 aliphatic carbocycles. The largest absolute Gasteiger partial charge is 0.461 e. The van der Waals surface area contributed by atoms with Gasteiger partial charge in [0, 0.05) is 5.69 Å². The molecular weight excluding hydrogens is 237 g/mol. The van der Waals surface area contributed by atoms with Gasteiger partial charge >= 0.3 is 5.97 Å². The minimum atomic E-state index is -0.558. The molecule has 2 rings (SSSR count). The molecule has 2 aromatic rings. The van der Waals surface area contributed by atoms with Gasteiger partial charge in [0.25, 0.3) is 0 Å². The molecule has 5 nitrogen and oxygen atoms in total. The van der Waals surface area contributed by atoms with Gasteiger partial charge in [-0.1, -0.05) is 0 Å². The highest BCUT2D eigenvalue weighted by atomic mass is 19.1.